The molecule has 0 aliphatic heterocycles. The Hall–Kier alpha value is -1.19. The lowest BCUT2D eigenvalue weighted by atomic mass is 10.9. The second-order valence-corrected chi connectivity index (χ2v) is 2.01. The average molecular weight is 174 g/mol. The van der Waals surface area contributed by atoms with Crippen LogP contribution in [0.3, 0.4) is 0 Å². The van der Waals surface area contributed by atoms with Gasteiger partial charge in [-0.15, -0.1) is 0 Å². The van der Waals surface area contributed by atoms with Gasteiger partial charge >= 0.3 is 0 Å². The summed E-state index contributed by atoms with van der Waals surface area (Å²) in [5.41, 5.74) is 8.12. The van der Waals surface area contributed by atoms with Crippen molar-refractivity contribution in [2.75, 3.05) is 0 Å². The Bertz CT molecular complexity index is 266. The van der Waals surface area contributed by atoms with E-state index in [1.165, 1.54) is 0 Å². The van der Waals surface area contributed by atoms with E-state index in [1.807, 2.05) is 26.5 Å². The summed E-state index contributed by atoms with van der Waals surface area (Å²) in [7, 11) is 3.65. The molecular formula is C5H8ClN5. The highest BCUT2D eigenvalue weighted by Gasteiger charge is 2.02. The fraction of sp³-hybridized carbons (Fsp3) is 0.400. The summed E-state index contributed by atoms with van der Waals surface area (Å²) in [6, 6.07) is 0. The molecule has 0 spiro atoms. The van der Waals surface area contributed by atoms with Crippen molar-refractivity contribution in [3.63, 3.8) is 0 Å². The first-order chi connectivity index (χ1) is 4.75. The van der Waals surface area contributed by atoms with E-state index in [0.717, 1.165) is 0 Å². The summed E-state index contributed by atoms with van der Waals surface area (Å²) in [5.74, 6) is 0.600. The summed E-state index contributed by atoms with van der Waals surface area (Å²) in [5, 5.41) is 3.47. The first kappa shape index (κ1) is 9.81. The minimum absolute atomic E-state index is 0. The van der Waals surface area contributed by atoms with Crippen LogP contribution < -0.4 is 17.0 Å². The zero-order valence-electron chi connectivity index (χ0n) is 6.27. The van der Waals surface area contributed by atoms with Crippen LogP contribution in [-0.2, 0) is 14.1 Å². The molecule has 0 aromatic carbocycles. The molecule has 1 heterocycles. The Kier molecular flexibility index (Phi) is 3.44. The van der Waals surface area contributed by atoms with Gasteiger partial charge in [-0.05, 0) is 5.53 Å². The maximum absolute atomic E-state index is 8.12. The van der Waals surface area contributed by atoms with Gasteiger partial charge in [-0.1, -0.05) is 0 Å². The smallest absolute Gasteiger partial charge is 0.291 e. The van der Waals surface area contributed by atoms with Crippen LogP contribution in [0.15, 0.2) is 17.5 Å². The Labute approximate surface area is 70.3 Å². The van der Waals surface area contributed by atoms with Crippen LogP contribution >= 0.6 is 0 Å². The highest BCUT2D eigenvalue weighted by atomic mass is 35.5. The predicted octanol–water partition coefficient (Wildman–Crippen LogP) is -2.20. The third-order valence-electron chi connectivity index (χ3n) is 1.28. The molecule has 0 unspecified atom stereocenters. The lowest BCUT2D eigenvalue weighted by Crippen LogP contribution is -3.00. The normalized spacial score (nSPS) is 8.18. The standard InChI is InChI=1S/C5H8N5.ClH/c1-9-3-4-10(2)5(9)7-8-6;/h3-4H,1-2H3;1H/q+1;/p-1. The number of hydrogen-bond donors (Lipinski definition) is 0. The van der Waals surface area contributed by atoms with E-state index in [-0.39, 0.29) is 12.4 Å². The van der Waals surface area contributed by atoms with Gasteiger partial charge in [-0.25, -0.2) is 0 Å². The van der Waals surface area contributed by atoms with Crippen LogP contribution in [0.2, 0.25) is 0 Å². The van der Waals surface area contributed by atoms with Crippen molar-refractivity contribution < 1.29 is 17.0 Å². The summed E-state index contributed by atoms with van der Waals surface area (Å²) in [6.45, 7) is 0. The molecule has 1 aromatic rings. The van der Waals surface area contributed by atoms with Crippen molar-refractivity contribution in [3.05, 3.63) is 22.8 Å². The van der Waals surface area contributed by atoms with Crippen molar-refractivity contribution in [3.8, 4) is 0 Å². The van der Waals surface area contributed by atoms with Crippen LogP contribution in [0.4, 0.5) is 5.95 Å². The number of rotatable bonds is 1. The van der Waals surface area contributed by atoms with E-state index in [2.05, 4.69) is 10.0 Å². The monoisotopic (exact) mass is 173 g/mol. The molecule has 0 aliphatic rings. The second kappa shape index (κ2) is 3.85. The summed E-state index contributed by atoms with van der Waals surface area (Å²) in [6.07, 6.45) is 3.65. The largest absolute Gasteiger partial charge is 1.00 e. The number of aromatic nitrogens is 2. The number of aryl methyl sites for hydroxylation is 2. The van der Waals surface area contributed by atoms with Gasteiger partial charge in [0, 0.05) is 10.0 Å². The fourth-order valence-electron chi connectivity index (χ4n) is 0.763. The molecular weight excluding hydrogens is 166 g/mol. The van der Waals surface area contributed by atoms with Gasteiger partial charge in [0.25, 0.3) is 5.95 Å². The molecule has 0 saturated heterocycles. The van der Waals surface area contributed by atoms with Gasteiger partial charge in [-0.3, -0.25) is 9.13 Å². The minimum Gasteiger partial charge on any atom is -1.00 e. The molecule has 0 atom stereocenters. The van der Waals surface area contributed by atoms with E-state index in [0.29, 0.717) is 5.95 Å². The number of halogens is 1. The predicted molar refractivity (Wildman–Crippen MR) is 35.4 cm³/mol. The third-order valence-corrected chi connectivity index (χ3v) is 1.28. The molecule has 0 radical (unpaired) electrons. The molecule has 0 N–H and O–H groups in total. The molecule has 60 valence electrons. The zero-order valence-corrected chi connectivity index (χ0v) is 7.02. The first-order valence-electron chi connectivity index (χ1n) is 2.81. The molecule has 0 saturated carbocycles. The topological polar surface area (TPSA) is 57.6 Å². The summed E-state index contributed by atoms with van der Waals surface area (Å²) >= 11 is 0. The molecule has 0 amide bonds. The molecule has 1 aromatic heterocycles. The Morgan fingerprint density at radius 3 is 2.73 bits per heavy atom. The van der Waals surface area contributed by atoms with Crippen LogP contribution in [-0.4, -0.2) is 4.57 Å². The Morgan fingerprint density at radius 2 is 2.36 bits per heavy atom. The van der Waals surface area contributed by atoms with Gasteiger partial charge in [0.1, 0.15) is 0 Å². The zero-order chi connectivity index (χ0) is 7.56. The minimum atomic E-state index is 0. The maximum Gasteiger partial charge on any atom is 0.291 e. The molecule has 1 rings (SSSR count). The van der Waals surface area contributed by atoms with E-state index < -0.39 is 0 Å². The van der Waals surface area contributed by atoms with Crippen molar-refractivity contribution in [2.45, 2.75) is 0 Å². The van der Waals surface area contributed by atoms with E-state index >= 15 is 0 Å². The molecule has 0 aliphatic carbocycles. The van der Waals surface area contributed by atoms with Crippen molar-refractivity contribution >= 4 is 5.95 Å². The summed E-state index contributed by atoms with van der Waals surface area (Å²) in [4.78, 5) is 2.68. The third kappa shape index (κ3) is 1.86. The number of azide groups is 1. The first-order valence-corrected chi connectivity index (χ1v) is 2.81. The van der Waals surface area contributed by atoms with Crippen LogP contribution in [0.25, 0.3) is 10.4 Å². The van der Waals surface area contributed by atoms with Crippen molar-refractivity contribution in [1.82, 2.24) is 4.57 Å². The maximum atomic E-state index is 8.12. The van der Waals surface area contributed by atoms with E-state index in [4.69, 9.17) is 5.53 Å². The fourth-order valence-corrected chi connectivity index (χ4v) is 0.763. The Morgan fingerprint density at radius 1 is 1.73 bits per heavy atom. The van der Waals surface area contributed by atoms with Gasteiger partial charge in [0.15, 0.2) is 0 Å². The number of nitrogens with zero attached hydrogens (tertiary/aromatic N) is 5. The van der Waals surface area contributed by atoms with Crippen LogP contribution in [0.5, 0.6) is 0 Å². The number of hydrogen-bond acceptors (Lipinski definition) is 1. The van der Waals surface area contributed by atoms with E-state index in [9.17, 15) is 0 Å². The van der Waals surface area contributed by atoms with Crippen LogP contribution in [0.1, 0.15) is 0 Å². The molecule has 11 heavy (non-hydrogen) atoms. The Balaban J connectivity index is 0.000001000. The van der Waals surface area contributed by atoms with Gasteiger partial charge in [0.2, 0.25) is 0 Å². The highest BCUT2D eigenvalue weighted by Crippen LogP contribution is 2.01. The quantitative estimate of drug-likeness (QED) is 0.200. The van der Waals surface area contributed by atoms with Gasteiger partial charge in [-0.2, -0.15) is 0 Å². The van der Waals surface area contributed by atoms with E-state index in [1.54, 1.807) is 9.13 Å². The average Bonchev–Trinajstić information content (AvgIpc) is 2.20. The lowest BCUT2D eigenvalue weighted by Gasteiger charge is -1.88. The lowest BCUT2D eigenvalue weighted by molar-refractivity contribution is -0.657. The van der Waals surface area contributed by atoms with Gasteiger partial charge in [0.05, 0.1) is 26.5 Å². The highest BCUT2D eigenvalue weighted by molar-refractivity contribution is 5.06. The van der Waals surface area contributed by atoms with Crippen LogP contribution in [0, 0.1) is 0 Å². The van der Waals surface area contributed by atoms with Crippen molar-refractivity contribution in [2.24, 2.45) is 19.2 Å². The van der Waals surface area contributed by atoms with Crippen molar-refractivity contribution in [1.29, 1.82) is 0 Å². The SMILES string of the molecule is Cn1cc[n+](C)c1N=[N+]=[N-].[Cl-]. The second-order valence-electron chi connectivity index (χ2n) is 2.01. The molecule has 5 nitrogen and oxygen atoms in total. The summed E-state index contributed by atoms with van der Waals surface area (Å²) < 4.78 is 3.50. The molecule has 0 fully saturated rings. The molecule has 0 bridgehead atoms. The number of imidazole rings is 1. The molecule has 6 heteroatoms. The van der Waals surface area contributed by atoms with Gasteiger partial charge < -0.3 is 12.4 Å².